The van der Waals surface area contributed by atoms with E-state index in [4.69, 9.17) is 19.9 Å². The van der Waals surface area contributed by atoms with Crippen molar-refractivity contribution in [3.05, 3.63) is 218 Å². The average molecular weight is 793 g/mol. The van der Waals surface area contributed by atoms with Gasteiger partial charge in [0.15, 0.2) is 5.82 Å². The molecule has 12 rings (SSSR count). The Morgan fingerprint density at radius 2 is 0.677 bits per heavy atom. The summed E-state index contributed by atoms with van der Waals surface area (Å²) in [6.45, 7) is 0. The maximum atomic E-state index is 5.21. The zero-order valence-corrected chi connectivity index (χ0v) is 33.5. The standard InChI is InChI=1S/C56H36N6/c1-3-16-37(17-4-1)50-36-51(38-18-5-2-6-19-38)60-56(59-50)49-28-15-27-48(58-49)47-26-14-25-46(57-47)39-32-33-55-45(34-39)44-24-9-12-31-54(44)62(55)41-21-13-20-40(35-41)61-52-29-10-7-22-42(52)43-23-8-11-30-53(43)61/h1-36H. The topological polar surface area (TPSA) is 61.4 Å². The molecule has 62 heavy (non-hydrogen) atoms. The Bertz CT molecular complexity index is 3530. The van der Waals surface area contributed by atoms with Gasteiger partial charge >= 0.3 is 0 Å². The van der Waals surface area contributed by atoms with Crippen LogP contribution < -0.4 is 0 Å². The van der Waals surface area contributed by atoms with Gasteiger partial charge in [-0.15, -0.1) is 0 Å². The molecule has 7 aromatic carbocycles. The summed E-state index contributed by atoms with van der Waals surface area (Å²) in [5.74, 6) is 0.561. The number of hydrogen-bond donors (Lipinski definition) is 0. The lowest BCUT2D eigenvalue weighted by Gasteiger charge is -2.13. The third kappa shape index (κ3) is 6.04. The van der Waals surface area contributed by atoms with Crippen LogP contribution in [0.5, 0.6) is 0 Å². The molecule has 0 amide bonds. The fraction of sp³-hybridized carbons (Fsp3) is 0. The molecule has 0 saturated heterocycles. The van der Waals surface area contributed by atoms with Gasteiger partial charge in [-0.3, -0.25) is 0 Å². The first-order chi connectivity index (χ1) is 30.7. The molecule has 0 saturated carbocycles. The second-order valence-corrected chi connectivity index (χ2v) is 15.5. The van der Waals surface area contributed by atoms with Gasteiger partial charge in [-0.1, -0.05) is 140 Å². The molecule has 0 fully saturated rings. The van der Waals surface area contributed by atoms with Crippen molar-refractivity contribution in [3.63, 3.8) is 0 Å². The molecule has 0 N–H and O–H groups in total. The van der Waals surface area contributed by atoms with Crippen molar-refractivity contribution in [3.8, 4) is 68.1 Å². The number of pyridine rings is 2. The lowest BCUT2D eigenvalue weighted by Crippen LogP contribution is -1.99. The van der Waals surface area contributed by atoms with Crippen LogP contribution in [0.25, 0.3) is 112 Å². The minimum absolute atomic E-state index is 0.561. The Balaban J connectivity index is 0.931. The molecule has 0 spiro atoms. The van der Waals surface area contributed by atoms with Gasteiger partial charge in [0.05, 0.1) is 50.5 Å². The molecule has 0 unspecified atom stereocenters. The minimum Gasteiger partial charge on any atom is -0.309 e. The first kappa shape index (κ1) is 35.5. The minimum atomic E-state index is 0.561. The molecule has 0 bridgehead atoms. The van der Waals surface area contributed by atoms with E-state index in [9.17, 15) is 0 Å². The van der Waals surface area contributed by atoms with Crippen LogP contribution >= 0.6 is 0 Å². The lowest BCUT2D eigenvalue weighted by atomic mass is 10.1. The quantitative estimate of drug-likeness (QED) is 0.161. The van der Waals surface area contributed by atoms with Crippen molar-refractivity contribution in [1.29, 1.82) is 0 Å². The summed E-state index contributed by atoms with van der Waals surface area (Å²) < 4.78 is 4.75. The van der Waals surface area contributed by atoms with E-state index in [0.717, 1.165) is 73.0 Å². The molecule has 0 aliphatic heterocycles. The smallest absolute Gasteiger partial charge is 0.179 e. The molecule has 6 heteroatoms. The highest BCUT2D eigenvalue weighted by Crippen LogP contribution is 2.37. The Hall–Kier alpha value is -8.48. The monoisotopic (exact) mass is 792 g/mol. The maximum absolute atomic E-state index is 5.21. The number of rotatable bonds is 7. The third-order valence-electron chi connectivity index (χ3n) is 11.7. The fourth-order valence-corrected chi connectivity index (χ4v) is 8.90. The summed E-state index contributed by atoms with van der Waals surface area (Å²) in [6.07, 6.45) is 0. The van der Waals surface area contributed by atoms with Gasteiger partial charge < -0.3 is 9.13 Å². The van der Waals surface area contributed by atoms with Gasteiger partial charge in [-0.2, -0.15) is 0 Å². The Labute approximate surface area is 357 Å². The largest absolute Gasteiger partial charge is 0.309 e. The maximum Gasteiger partial charge on any atom is 0.179 e. The number of hydrogen-bond acceptors (Lipinski definition) is 4. The van der Waals surface area contributed by atoms with E-state index in [-0.39, 0.29) is 0 Å². The van der Waals surface area contributed by atoms with Crippen LogP contribution in [-0.2, 0) is 0 Å². The molecule has 5 aromatic heterocycles. The van der Waals surface area contributed by atoms with Crippen LogP contribution in [0.15, 0.2) is 218 Å². The molecule has 290 valence electrons. The van der Waals surface area contributed by atoms with Crippen molar-refractivity contribution >= 4 is 43.6 Å². The highest BCUT2D eigenvalue weighted by Gasteiger charge is 2.18. The van der Waals surface area contributed by atoms with E-state index in [1.54, 1.807) is 0 Å². The summed E-state index contributed by atoms with van der Waals surface area (Å²) in [5.41, 5.74) is 14.7. The lowest BCUT2D eigenvalue weighted by molar-refractivity contribution is 1.13. The van der Waals surface area contributed by atoms with Gasteiger partial charge in [0, 0.05) is 49.6 Å². The van der Waals surface area contributed by atoms with Crippen molar-refractivity contribution in [2.75, 3.05) is 0 Å². The van der Waals surface area contributed by atoms with Crippen LogP contribution in [0.3, 0.4) is 0 Å². The molecule has 5 heterocycles. The second kappa shape index (κ2) is 14.7. The molecule has 0 radical (unpaired) electrons. The van der Waals surface area contributed by atoms with Crippen molar-refractivity contribution in [1.82, 2.24) is 29.1 Å². The second-order valence-electron chi connectivity index (χ2n) is 15.5. The van der Waals surface area contributed by atoms with Gasteiger partial charge in [0.1, 0.15) is 5.69 Å². The van der Waals surface area contributed by atoms with Gasteiger partial charge in [-0.25, -0.2) is 19.9 Å². The molecular formula is C56H36N6. The first-order valence-corrected chi connectivity index (χ1v) is 20.8. The van der Waals surface area contributed by atoms with E-state index >= 15 is 0 Å². The third-order valence-corrected chi connectivity index (χ3v) is 11.7. The summed E-state index contributed by atoms with van der Waals surface area (Å²) in [6, 6.07) is 76.1. The highest BCUT2D eigenvalue weighted by molar-refractivity contribution is 6.11. The SMILES string of the molecule is c1ccc(-c2cc(-c3ccccc3)nc(-c3cccc(-c4cccc(-c5ccc6c(c5)c5ccccc5n6-c5cccc(-n6c7ccccc7c7ccccc76)c5)n4)n3)n2)cc1. The van der Waals surface area contributed by atoms with Crippen molar-refractivity contribution < 1.29 is 0 Å². The van der Waals surface area contributed by atoms with Gasteiger partial charge in [-0.05, 0) is 78.9 Å². The van der Waals surface area contributed by atoms with E-state index in [1.807, 2.05) is 66.7 Å². The number of nitrogens with zero attached hydrogens (tertiary/aromatic N) is 6. The predicted octanol–water partition coefficient (Wildman–Crippen LogP) is 13.8. The van der Waals surface area contributed by atoms with E-state index in [2.05, 4.69) is 161 Å². The van der Waals surface area contributed by atoms with E-state index in [0.29, 0.717) is 11.5 Å². The Morgan fingerprint density at radius 1 is 0.242 bits per heavy atom. The zero-order valence-electron chi connectivity index (χ0n) is 33.5. The number of aromatic nitrogens is 6. The Morgan fingerprint density at radius 3 is 1.24 bits per heavy atom. The highest BCUT2D eigenvalue weighted by atomic mass is 15.0. The van der Waals surface area contributed by atoms with Crippen LogP contribution in [0.1, 0.15) is 0 Å². The summed E-state index contributed by atoms with van der Waals surface area (Å²) in [7, 11) is 0. The van der Waals surface area contributed by atoms with Crippen LogP contribution in [0.4, 0.5) is 0 Å². The van der Waals surface area contributed by atoms with Crippen LogP contribution in [0.2, 0.25) is 0 Å². The predicted molar refractivity (Wildman–Crippen MR) is 253 cm³/mol. The normalized spacial score (nSPS) is 11.5. The first-order valence-electron chi connectivity index (χ1n) is 20.8. The Kier molecular flexibility index (Phi) is 8.38. The average Bonchev–Trinajstić information content (AvgIpc) is 3.87. The van der Waals surface area contributed by atoms with Gasteiger partial charge in [0.25, 0.3) is 0 Å². The summed E-state index contributed by atoms with van der Waals surface area (Å²) >= 11 is 0. The molecule has 0 aliphatic carbocycles. The molecule has 6 nitrogen and oxygen atoms in total. The zero-order chi connectivity index (χ0) is 41.0. The fourth-order valence-electron chi connectivity index (χ4n) is 8.90. The molecule has 0 atom stereocenters. The number of fused-ring (bicyclic) bond motifs is 6. The van der Waals surface area contributed by atoms with Crippen LogP contribution in [-0.4, -0.2) is 29.1 Å². The van der Waals surface area contributed by atoms with Gasteiger partial charge in [0.2, 0.25) is 0 Å². The number of para-hydroxylation sites is 3. The summed E-state index contributed by atoms with van der Waals surface area (Å²) in [5, 5.41) is 4.85. The molecular weight excluding hydrogens is 757 g/mol. The van der Waals surface area contributed by atoms with Crippen molar-refractivity contribution in [2.24, 2.45) is 0 Å². The molecule has 12 aromatic rings. The molecule has 0 aliphatic rings. The van der Waals surface area contributed by atoms with Crippen molar-refractivity contribution in [2.45, 2.75) is 0 Å². The van der Waals surface area contributed by atoms with E-state index < -0.39 is 0 Å². The summed E-state index contributed by atoms with van der Waals surface area (Å²) in [4.78, 5) is 20.4. The van der Waals surface area contributed by atoms with E-state index in [1.165, 1.54) is 27.2 Å². The number of benzene rings is 7. The van der Waals surface area contributed by atoms with Crippen LogP contribution in [0, 0.1) is 0 Å².